The second kappa shape index (κ2) is 7.02. The van der Waals surface area contributed by atoms with Crippen LogP contribution in [-0.4, -0.2) is 17.6 Å². The van der Waals surface area contributed by atoms with Gasteiger partial charge in [0.25, 0.3) is 5.91 Å². The fourth-order valence-corrected chi connectivity index (χ4v) is 4.67. The van der Waals surface area contributed by atoms with Crippen LogP contribution < -0.4 is 9.80 Å². The Morgan fingerprint density at radius 2 is 2.00 bits per heavy atom. The van der Waals surface area contributed by atoms with E-state index in [1.54, 1.807) is 17.5 Å². The van der Waals surface area contributed by atoms with E-state index < -0.39 is 0 Å². The maximum atomic E-state index is 13.2. The van der Waals surface area contributed by atoms with Gasteiger partial charge in [0.2, 0.25) is 0 Å². The molecule has 3 heterocycles. The maximum Gasteiger partial charge on any atom is 0.263 e. The number of rotatable bonds is 3. The van der Waals surface area contributed by atoms with Gasteiger partial charge in [0, 0.05) is 34.0 Å². The Labute approximate surface area is 157 Å². The highest BCUT2D eigenvalue weighted by molar-refractivity contribution is 7.16. The zero-order chi connectivity index (χ0) is 18.1. The molecule has 3 aromatic rings. The molecule has 4 nitrogen and oxygen atoms in total. The fraction of sp³-hybridized carbons (Fsp3) is 0.238. The second-order valence-electron chi connectivity index (χ2n) is 6.79. The maximum absolute atomic E-state index is 13.2. The van der Waals surface area contributed by atoms with Crippen LogP contribution in [0.5, 0.6) is 0 Å². The van der Waals surface area contributed by atoms with Crippen LogP contribution in [-0.2, 0) is 13.1 Å². The monoisotopic (exact) mass is 364 g/mol. The number of carbonyl (C=O) groups is 1. The number of anilines is 1. The summed E-state index contributed by atoms with van der Waals surface area (Å²) in [6, 6.07) is 13.6. The molecule has 1 N–H and O–H groups in total. The molecule has 132 valence electrons. The number of hydrogen-bond acceptors (Lipinski definition) is 3. The second-order valence-corrected chi connectivity index (χ2v) is 7.99. The number of thiophene rings is 1. The first-order valence-electron chi connectivity index (χ1n) is 8.81. The van der Waals surface area contributed by atoms with Gasteiger partial charge < -0.3 is 4.90 Å². The molecule has 1 atom stereocenters. The van der Waals surface area contributed by atoms with Gasteiger partial charge in [-0.25, -0.2) is 0 Å². The van der Waals surface area contributed by atoms with E-state index in [1.165, 1.54) is 26.5 Å². The van der Waals surface area contributed by atoms with Gasteiger partial charge in [-0.2, -0.15) is 0 Å². The van der Waals surface area contributed by atoms with Crippen molar-refractivity contribution in [2.24, 2.45) is 0 Å². The summed E-state index contributed by atoms with van der Waals surface area (Å²) >= 11 is 1.74. The third-order valence-electron chi connectivity index (χ3n) is 4.99. The summed E-state index contributed by atoms with van der Waals surface area (Å²) in [6.45, 7) is 6.79. The quantitative estimate of drug-likeness (QED) is 0.776. The van der Waals surface area contributed by atoms with Crippen LogP contribution in [0.1, 0.15) is 31.9 Å². The molecule has 4 rings (SSSR count). The van der Waals surface area contributed by atoms with Gasteiger partial charge in [0.15, 0.2) is 6.67 Å². The lowest BCUT2D eigenvalue weighted by Crippen LogP contribution is -3.12. The zero-order valence-corrected chi connectivity index (χ0v) is 15.8. The number of carbonyl (C=O) groups excluding carboxylic acids is 1. The van der Waals surface area contributed by atoms with E-state index in [2.05, 4.69) is 24.9 Å². The molecule has 2 aromatic heterocycles. The summed E-state index contributed by atoms with van der Waals surface area (Å²) in [7, 11) is 0. The minimum absolute atomic E-state index is 0.0801. The highest BCUT2D eigenvalue weighted by Crippen LogP contribution is 2.36. The van der Waals surface area contributed by atoms with E-state index in [0.717, 1.165) is 23.7 Å². The summed E-state index contributed by atoms with van der Waals surface area (Å²) in [5.41, 5.74) is 4.56. The van der Waals surface area contributed by atoms with Crippen LogP contribution in [0.4, 0.5) is 5.00 Å². The molecule has 1 amide bonds. The molecule has 0 radical (unpaired) electrons. The van der Waals surface area contributed by atoms with Gasteiger partial charge in [0.1, 0.15) is 18.1 Å². The average Bonchev–Trinajstić information content (AvgIpc) is 2.97. The molecule has 0 aliphatic carbocycles. The number of pyridine rings is 1. The van der Waals surface area contributed by atoms with E-state index in [0.29, 0.717) is 6.67 Å². The summed E-state index contributed by atoms with van der Waals surface area (Å²) in [6.07, 6.45) is 3.71. The Morgan fingerprint density at radius 1 is 1.19 bits per heavy atom. The SMILES string of the molecule is Cc1sc2c(c1C)C[NH+](Cc1cccnc1)CN2C(=O)c1ccccc1. The molecule has 0 spiro atoms. The van der Waals surface area contributed by atoms with Crippen molar-refractivity contribution in [2.75, 3.05) is 11.6 Å². The average molecular weight is 364 g/mol. The van der Waals surface area contributed by atoms with Crippen LogP contribution in [0, 0.1) is 13.8 Å². The third-order valence-corrected chi connectivity index (χ3v) is 6.26. The molecule has 1 aromatic carbocycles. The van der Waals surface area contributed by atoms with Gasteiger partial charge in [0.05, 0.1) is 0 Å². The zero-order valence-electron chi connectivity index (χ0n) is 15.0. The highest BCUT2D eigenvalue weighted by atomic mass is 32.1. The molecular formula is C21H22N3OS+. The Bertz CT molecular complexity index is 921. The Morgan fingerprint density at radius 3 is 2.73 bits per heavy atom. The number of amides is 1. The van der Waals surface area contributed by atoms with Gasteiger partial charge in [-0.3, -0.25) is 14.7 Å². The van der Waals surface area contributed by atoms with Gasteiger partial charge in [-0.1, -0.05) is 24.3 Å². The van der Waals surface area contributed by atoms with Crippen molar-refractivity contribution >= 4 is 22.2 Å². The number of benzene rings is 1. The molecule has 1 unspecified atom stereocenters. The molecule has 5 heteroatoms. The van der Waals surface area contributed by atoms with E-state index in [4.69, 9.17) is 0 Å². The Balaban J connectivity index is 1.68. The van der Waals surface area contributed by atoms with Crippen molar-refractivity contribution in [2.45, 2.75) is 26.9 Å². The fourth-order valence-electron chi connectivity index (χ4n) is 3.49. The van der Waals surface area contributed by atoms with Crippen molar-refractivity contribution in [1.29, 1.82) is 0 Å². The number of aromatic nitrogens is 1. The Kier molecular flexibility index (Phi) is 4.57. The van der Waals surface area contributed by atoms with Crippen LogP contribution in [0.2, 0.25) is 0 Å². The smallest absolute Gasteiger partial charge is 0.263 e. The number of hydrogen-bond donors (Lipinski definition) is 1. The topological polar surface area (TPSA) is 37.6 Å². The summed E-state index contributed by atoms with van der Waals surface area (Å²) in [4.78, 5) is 22.0. The lowest BCUT2D eigenvalue weighted by molar-refractivity contribution is -0.928. The van der Waals surface area contributed by atoms with Crippen LogP contribution in [0.3, 0.4) is 0 Å². The van der Waals surface area contributed by atoms with E-state index in [-0.39, 0.29) is 5.91 Å². The molecule has 0 bridgehead atoms. The normalized spacial score (nSPS) is 16.4. The molecular weight excluding hydrogens is 342 g/mol. The number of aryl methyl sites for hydroxylation is 1. The van der Waals surface area contributed by atoms with Crippen LogP contribution >= 0.6 is 11.3 Å². The van der Waals surface area contributed by atoms with Crippen LogP contribution in [0.25, 0.3) is 0 Å². The van der Waals surface area contributed by atoms with Crippen LogP contribution in [0.15, 0.2) is 54.9 Å². The lowest BCUT2D eigenvalue weighted by atomic mass is 10.1. The lowest BCUT2D eigenvalue weighted by Gasteiger charge is -2.33. The predicted octanol–water partition coefficient (Wildman–Crippen LogP) is 2.96. The van der Waals surface area contributed by atoms with Crippen molar-refractivity contribution in [1.82, 2.24) is 4.98 Å². The van der Waals surface area contributed by atoms with Crippen molar-refractivity contribution in [3.8, 4) is 0 Å². The minimum atomic E-state index is 0.0801. The van der Waals surface area contributed by atoms with Gasteiger partial charge in [-0.15, -0.1) is 11.3 Å². The van der Waals surface area contributed by atoms with E-state index in [9.17, 15) is 4.79 Å². The molecule has 0 saturated heterocycles. The molecule has 26 heavy (non-hydrogen) atoms. The Hall–Kier alpha value is -2.50. The van der Waals surface area contributed by atoms with E-state index >= 15 is 0 Å². The molecule has 1 aliphatic heterocycles. The van der Waals surface area contributed by atoms with Gasteiger partial charge >= 0.3 is 0 Å². The van der Waals surface area contributed by atoms with Crippen molar-refractivity contribution in [3.63, 3.8) is 0 Å². The minimum Gasteiger partial charge on any atom is -0.310 e. The number of fused-ring (bicyclic) bond motifs is 1. The number of quaternary nitrogens is 1. The molecule has 0 saturated carbocycles. The molecule has 0 fully saturated rings. The van der Waals surface area contributed by atoms with E-state index in [1.807, 2.05) is 47.5 Å². The third kappa shape index (κ3) is 3.16. The standard InChI is InChI=1S/C21H21N3OS/c1-15-16(2)26-21-19(15)13-23(12-17-7-6-10-22-11-17)14-24(21)20(25)18-8-4-3-5-9-18/h3-11H,12-14H2,1-2H3/p+1. The summed E-state index contributed by atoms with van der Waals surface area (Å²) in [5, 5.41) is 1.11. The number of nitrogens with one attached hydrogen (secondary N) is 1. The van der Waals surface area contributed by atoms with Gasteiger partial charge in [-0.05, 0) is 37.6 Å². The summed E-state index contributed by atoms with van der Waals surface area (Å²) < 4.78 is 0. The number of nitrogens with zero attached hydrogens (tertiary/aromatic N) is 2. The highest BCUT2D eigenvalue weighted by Gasteiger charge is 2.33. The van der Waals surface area contributed by atoms with Crippen molar-refractivity contribution < 1.29 is 9.69 Å². The largest absolute Gasteiger partial charge is 0.310 e. The first kappa shape index (κ1) is 16.9. The summed E-state index contributed by atoms with van der Waals surface area (Å²) in [5.74, 6) is 0.0801. The predicted molar refractivity (Wildman–Crippen MR) is 105 cm³/mol. The first-order valence-corrected chi connectivity index (χ1v) is 9.63. The molecule has 1 aliphatic rings. The first-order chi connectivity index (χ1) is 12.6. The van der Waals surface area contributed by atoms with Crippen molar-refractivity contribution in [3.05, 3.63) is 82.0 Å².